The Balaban J connectivity index is 1.81. The lowest BCUT2D eigenvalue weighted by atomic mass is 10.1. The largest absolute Gasteiger partial charge is 0.347 e. The summed E-state index contributed by atoms with van der Waals surface area (Å²) >= 11 is 8.67. The van der Waals surface area contributed by atoms with Crippen LogP contribution < -0.4 is 10.6 Å². The zero-order chi connectivity index (χ0) is 13.7. The number of halogens is 1. The number of aromatic nitrogens is 1. The van der Waals surface area contributed by atoms with Crippen molar-refractivity contribution in [1.29, 1.82) is 0 Å². The van der Waals surface area contributed by atoms with Gasteiger partial charge in [-0.15, -0.1) is 0 Å². The van der Waals surface area contributed by atoms with Gasteiger partial charge in [0.05, 0.1) is 6.17 Å². The fraction of sp³-hybridized carbons (Fsp3) is 0.538. The zero-order valence-electron chi connectivity index (χ0n) is 11.0. The zero-order valence-corrected chi connectivity index (χ0v) is 13.4. The van der Waals surface area contributed by atoms with E-state index in [-0.39, 0.29) is 6.17 Å². The molecule has 1 aliphatic heterocycles. The van der Waals surface area contributed by atoms with Gasteiger partial charge < -0.3 is 10.6 Å². The number of rotatable bonds is 3. The fourth-order valence-electron chi connectivity index (χ4n) is 2.19. The van der Waals surface area contributed by atoms with Crippen LogP contribution in [0.3, 0.4) is 0 Å². The standard InChI is InChI=1S/C13H19BrN4S/c1-10(18-7-3-2-4-8-18)16-13(19)17-12-6-5-11(14)9-15-12/h5-6,9-10H,2-4,7-8H2,1H3,(H2,15,16,17,19). The van der Waals surface area contributed by atoms with Crippen LogP contribution in [0.5, 0.6) is 0 Å². The summed E-state index contributed by atoms with van der Waals surface area (Å²) in [6, 6.07) is 3.83. The first-order valence-electron chi connectivity index (χ1n) is 6.58. The summed E-state index contributed by atoms with van der Waals surface area (Å²) in [4.78, 5) is 6.66. The quantitative estimate of drug-likeness (QED) is 0.826. The maximum atomic E-state index is 5.31. The molecule has 0 amide bonds. The van der Waals surface area contributed by atoms with E-state index in [1.165, 1.54) is 19.3 Å². The molecule has 1 fully saturated rings. The molecule has 0 saturated carbocycles. The Morgan fingerprint density at radius 3 is 2.74 bits per heavy atom. The summed E-state index contributed by atoms with van der Waals surface area (Å²) in [5.41, 5.74) is 0. The highest BCUT2D eigenvalue weighted by atomic mass is 79.9. The molecule has 19 heavy (non-hydrogen) atoms. The predicted octanol–water partition coefficient (Wildman–Crippen LogP) is 2.96. The Hall–Kier alpha value is -0.720. The Kier molecular flexibility index (Phi) is 5.54. The third-order valence-electron chi connectivity index (χ3n) is 3.25. The van der Waals surface area contributed by atoms with Crippen LogP contribution in [0.4, 0.5) is 5.82 Å². The average Bonchev–Trinajstić information content (AvgIpc) is 2.42. The first-order valence-corrected chi connectivity index (χ1v) is 7.78. The summed E-state index contributed by atoms with van der Waals surface area (Å²) in [6.07, 6.45) is 5.91. The van der Waals surface area contributed by atoms with Crippen LogP contribution in [-0.4, -0.2) is 34.3 Å². The lowest BCUT2D eigenvalue weighted by molar-refractivity contribution is 0.164. The minimum atomic E-state index is 0.260. The number of anilines is 1. The summed E-state index contributed by atoms with van der Waals surface area (Å²) in [6.45, 7) is 4.44. The molecule has 4 nitrogen and oxygen atoms in total. The molecule has 1 saturated heterocycles. The van der Waals surface area contributed by atoms with Crippen LogP contribution in [0.1, 0.15) is 26.2 Å². The van der Waals surface area contributed by atoms with E-state index in [0.29, 0.717) is 5.11 Å². The van der Waals surface area contributed by atoms with Gasteiger partial charge >= 0.3 is 0 Å². The van der Waals surface area contributed by atoms with Crippen molar-refractivity contribution in [2.45, 2.75) is 32.4 Å². The Bertz CT molecular complexity index is 417. The lowest BCUT2D eigenvalue weighted by Crippen LogP contribution is -2.49. The molecule has 1 aliphatic rings. The van der Waals surface area contributed by atoms with E-state index in [1.807, 2.05) is 12.1 Å². The molecule has 1 atom stereocenters. The second kappa shape index (κ2) is 7.17. The van der Waals surface area contributed by atoms with Gasteiger partial charge in [0.2, 0.25) is 0 Å². The highest BCUT2D eigenvalue weighted by molar-refractivity contribution is 9.10. The Morgan fingerprint density at radius 1 is 1.37 bits per heavy atom. The molecule has 2 heterocycles. The van der Waals surface area contributed by atoms with Crippen LogP contribution in [0, 0.1) is 0 Å². The molecule has 2 N–H and O–H groups in total. The molecule has 0 spiro atoms. The smallest absolute Gasteiger partial charge is 0.173 e. The van der Waals surface area contributed by atoms with Crippen molar-refractivity contribution in [2.24, 2.45) is 0 Å². The van der Waals surface area contributed by atoms with Gasteiger partial charge in [-0.25, -0.2) is 4.98 Å². The molecule has 104 valence electrons. The Morgan fingerprint density at radius 2 is 2.11 bits per heavy atom. The summed E-state index contributed by atoms with van der Waals surface area (Å²) in [7, 11) is 0. The van der Waals surface area contributed by atoms with Gasteiger partial charge in [-0.2, -0.15) is 0 Å². The molecular formula is C13H19BrN4S. The average molecular weight is 343 g/mol. The van der Waals surface area contributed by atoms with Crippen molar-refractivity contribution >= 4 is 39.1 Å². The molecular weight excluding hydrogens is 324 g/mol. The number of nitrogens with one attached hydrogen (secondary N) is 2. The van der Waals surface area contributed by atoms with Gasteiger partial charge in [-0.05, 0) is 60.0 Å². The second-order valence-corrected chi connectivity index (χ2v) is 6.06. The third kappa shape index (κ3) is 4.71. The van der Waals surface area contributed by atoms with Crippen LogP contribution in [0.25, 0.3) is 0 Å². The van der Waals surface area contributed by atoms with Crippen molar-refractivity contribution in [1.82, 2.24) is 15.2 Å². The minimum absolute atomic E-state index is 0.260. The molecule has 0 radical (unpaired) electrons. The van der Waals surface area contributed by atoms with Crippen molar-refractivity contribution in [3.63, 3.8) is 0 Å². The van der Waals surface area contributed by atoms with Crippen molar-refractivity contribution in [3.8, 4) is 0 Å². The monoisotopic (exact) mass is 342 g/mol. The van der Waals surface area contributed by atoms with E-state index in [0.717, 1.165) is 23.4 Å². The molecule has 0 bridgehead atoms. The van der Waals surface area contributed by atoms with Crippen molar-refractivity contribution in [2.75, 3.05) is 18.4 Å². The first kappa shape index (κ1) is 14.7. The predicted molar refractivity (Wildman–Crippen MR) is 86.2 cm³/mol. The van der Waals surface area contributed by atoms with Crippen LogP contribution in [0.2, 0.25) is 0 Å². The third-order valence-corrected chi connectivity index (χ3v) is 3.94. The molecule has 6 heteroatoms. The highest BCUT2D eigenvalue weighted by Gasteiger charge is 2.16. The number of hydrogen-bond donors (Lipinski definition) is 2. The number of piperidine rings is 1. The summed E-state index contributed by atoms with van der Waals surface area (Å²) in [5, 5.41) is 7.03. The fourth-order valence-corrected chi connectivity index (χ4v) is 2.70. The maximum Gasteiger partial charge on any atom is 0.173 e. The number of thiocarbonyl (C=S) groups is 1. The van der Waals surface area contributed by atoms with Crippen LogP contribution in [0.15, 0.2) is 22.8 Å². The van der Waals surface area contributed by atoms with Gasteiger partial charge in [-0.3, -0.25) is 4.90 Å². The van der Waals surface area contributed by atoms with Crippen LogP contribution in [-0.2, 0) is 0 Å². The molecule has 0 aromatic carbocycles. The number of pyridine rings is 1. The van der Waals surface area contributed by atoms with Gasteiger partial charge in [-0.1, -0.05) is 6.42 Å². The molecule has 2 rings (SSSR count). The van der Waals surface area contributed by atoms with E-state index < -0.39 is 0 Å². The van der Waals surface area contributed by atoms with E-state index in [1.54, 1.807) is 6.20 Å². The second-order valence-electron chi connectivity index (χ2n) is 4.73. The topological polar surface area (TPSA) is 40.2 Å². The van der Waals surface area contributed by atoms with Gasteiger partial charge in [0.1, 0.15) is 5.82 Å². The molecule has 0 aliphatic carbocycles. The van der Waals surface area contributed by atoms with Crippen molar-refractivity contribution < 1.29 is 0 Å². The molecule has 1 aromatic rings. The minimum Gasteiger partial charge on any atom is -0.347 e. The van der Waals surface area contributed by atoms with E-state index >= 15 is 0 Å². The van der Waals surface area contributed by atoms with Crippen molar-refractivity contribution in [3.05, 3.63) is 22.8 Å². The molecule has 1 unspecified atom stereocenters. The van der Waals surface area contributed by atoms with Gasteiger partial charge in [0.25, 0.3) is 0 Å². The van der Waals surface area contributed by atoms with E-state index in [4.69, 9.17) is 12.2 Å². The number of likely N-dealkylation sites (tertiary alicyclic amines) is 1. The summed E-state index contributed by atoms with van der Waals surface area (Å²) in [5.74, 6) is 0.756. The van der Waals surface area contributed by atoms with E-state index in [9.17, 15) is 0 Å². The van der Waals surface area contributed by atoms with E-state index in [2.05, 4.69) is 43.4 Å². The summed E-state index contributed by atoms with van der Waals surface area (Å²) < 4.78 is 0.957. The van der Waals surface area contributed by atoms with Crippen LogP contribution >= 0.6 is 28.1 Å². The normalized spacial score (nSPS) is 17.8. The number of nitrogens with zero attached hydrogens (tertiary/aromatic N) is 2. The first-order chi connectivity index (χ1) is 9.15. The molecule has 1 aromatic heterocycles. The number of hydrogen-bond acceptors (Lipinski definition) is 3. The van der Waals surface area contributed by atoms with Gasteiger partial charge in [0.15, 0.2) is 5.11 Å². The SMILES string of the molecule is CC(NC(=S)Nc1ccc(Br)cn1)N1CCCCC1. The Labute approximate surface area is 128 Å². The maximum absolute atomic E-state index is 5.31. The van der Waals surface area contributed by atoms with Gasteiger partial charge in [0, 0.05) is 23.8 Å². The highest BCUT2D eigenvalue weighted by Crippen LogP contribution is 2.12. The lowest BCUT2D eigenvalue weighted by Gasteiger charge is -2.33.